The summed E-state index contributed by atoms with van der Waals surface area (Å²) in [6, 6.07) is 28.1. The fraction of sp³-hybridized carbons (Fsp3) is 0.689. The first-order valence-corrected chi connectivity index (χ1v) is 54.8. The Kier molecular flexibility index (Phi) is 68.5. The lowest BCUT2D eigenvalue weighted by atomic mass is 9.97. The number of hydrogen-bond donors (Lipinski definition) is 3. The molecule has 734 valence electrons. The molecule has 0 bridgehead atoms. The number of carbonyl (C=O) groups excluding carboxylic acids is 3. The lowest BCUT2D eigenvalue weighted by molar-refractivity contribution is 0.0949. The van der Waals surface area contributed by atoms with Crippen LogP contribution in [0.1, 0.15) is 527 Å². The maximum atomic E-state index is 14.6. The van der Waals surface area contributed by atoms with Crippen molar-refractivity contribution >= 4 is 29.1 Å². The highest BCUT2D eigenvalue weighted by atomic mass is 16.5. The molecular formula is C119H189N3O9. The predicted octanol–water partition coefficient (Wildman–Crippen LogP) is 35.4. The highest BCUT2D eigenvalue weighted by Crippen LogP contribution is 2.42. The molecule has 5 rings (SSSR count). The van der Waals surface area contributed by atoms with E-state index in [4.69, 9.17) is 28.4 Å². The van der Waals surface area contributed by atoms with Gasteiger partial charge in [-0.25, -0.2) is 0 Å². The molecule has 12 heteroatoms. The van der Waals surface area contributed by atoms with E-state index in [0.717, 1.165) is 101 Å². The van der Waals surface area contributed by atoms with Gasteiger partial charge in [-0.1, -0.05) is 452 Å². The molecule has 0 aromatic heterocycles. The molecule has 0 saturated carbocycles. The molecule has 0 aliphatic carbocycles. The topological polar surface area (TPSA) is 143 Å². The standard InChI is InChI=1S/C119H189N3O9/c1-10-16-22-28-34-40-46-52-58-64-87-126-111-96-107(97-112(127-88-65-59-53-47-41-35-29-23-17-11-2)115(111)130-91-68-62-56-50-44-38-32-26-20-14-5)118(124)121-109-81-77-102(78-82-109)73-75-104-93-105(95-106(94-104)117(123)120-86-85-101(9)72-70-71-100(7)8)76-74-103-79-83-110(84-80-103)122-119(125)108-98-113(128-89-66-60-54-48-42-36-30-24-18-12-3)116(131-92-69-63-57-51-45-39-33-27-21-15-6)114(99-108)129-90-67-61-55-49-43-37-31-25-19-13-4/h77-84,93-101H,10-72,85-92H2,1-9H3,(H,120,123)(H,121,124)(H,122,125)/t101-/m0/s1. The van der Waals surface area contributed by atoms with Crippen LogP contribution in [-0.4, -0.2) is 63.9 Å². The zero-order chi connectivity index (χ0) is 93.6. The molecule has 5 aromatic rings. The van der Waals surface area contributed by atoms with E-state index in [0.29, 0.717) is 132 Å². The minimum atomic E-state index is -0.273. The van der Waals surface area contributed by atoms with Crippen molar-refractivity contribution in [2.24, 2.45) is 11.8 Å². The van der Waals surface area contributed by atoms with Gasteiger partial charge in [0.2, 0.25) is 11.5 Å². The van der Waals surface area contributed by atoms with E-state index >= 15 is 0 Å². The van der Waals surface area contributed by atoms with Gasteiger partial charge in [-0.2, -0.15) is 0 Å². The average molecular weight is 1810 g/mol. The monoisotopic (exact) mass is 1800 g/mol. The van der Waals surface area contributed by atoms with Crippen molar-refractivity contribution in [2.75, 3.05) is 56.8 Å². The van der Waals surface area contributed by atoms with E-state index in [1.807, 2.05) is 91.0 Å². The highest BCUT2D eigenvalue weighted by Gasteiger charge is 2.23. The predicted molar refractivity (Wildman–Crippen MR) is 559 cm³/mol. The van der Waals surface area contributed by atoms with Crippen LogP contribution in [0.2, 0.25) is 0 Å². The minimum Gasteiger partial charge on any atom is -0.490 e. The van der Waals surface area contributed by atoms with Crippen molar-refractivity contribution in [1.29, 1.82) is 0 Å². The Hall–Kier alpha value is -7.57. The van der Waals surface area contributed by atoms with Gasteiger partial charge in [-0.15, -0.1) is 0 Å². The minimum absolute atomic E-state index is 0.176. The summed E-state index contributed by atoms with van der Waals surface area (Å²) in [7, 11) is 0. The molecule has 1 atom stereocenters. The molecule has 131 heavy (non-hydrogen) atoms. The first-order chi connectivity index (χ1) is 64.4. The van der Waals surface area contributed by atoms with Gasteiger partial charge in [-0.05, 0) is 148 Å². The van der Waals surface area contributed by atoms with Gasteiger partial charge in [0.1, 0.15) is 0 Å². The van der Waals surface area contributed by atoms with Crippen molar-refractivity contribution < 1.29 is 42.8 Å². The fourth-order valence-corrected chi connectivity index (χ4v) is 17.2. The molecule has 0 fully saturated rings. The Bertz CT molecular complexity index is 3490. The molecule has 5 aromatic carbocycles. The van der Waals surface area contributed by atoms with Crippen molar-refractivity contribution in [3.8, 4) is 58.2 Å². The maximum absolute atomic E-state index is 14.6. The van der Waals surface area contributed by atoms with Crippen LogP contribution in [0.3, 0.4) is 0 Å². The van der Waals surface area contributed by atoms with Crippen molar-refractivity contribution in [1.82, 2.24) is 5.32 Å². The van der Waals surface area contributed by atoms with Gasteiger partial charge in [0.05, 0.1) is 39.6 Å². The Morgan fingerprint density at radius 3 is 0.725 bits per heavy atom. The largest absolute Gasteiger partial charge is 0.490 e. The average Bonchev–Trinajstić information content (AvgIpc) is 0.811. The van der Waals surface area contributed by atoms with Gasteiger partial charge in [0.25, 0.3) is 17.7 Å². The second-order valence-corrected chi connectivity index (χ2v) is 38.6. The lowest BCUT2D eigenvalue weighted by Gasteiger charge is -2.19. The van der Waals surface area contributed by atoms with Crippen LogP contribution in [0.25, 0.3) is 0 Å². The van der Waals surface area contributed by atoms with Gasteiger partial charge in [0.15, 0.2) is 23.0 Å². The summed E-state index contributed by atoms with van der Waals surface area (Å²) >= 11 is 0. The first kappa shape index (κ1) is 114. The van der Waals surface area contributed by atoms with Crippen molar-refractivity contribution in [3.63, 3.8) is 0 Å². The van der Waals surface area contributed by atoms with Crippen LogP contribution in [0.5, 0.6) is 34.5 Å². The number of anilines is 2. The third kappa shape index (κ3) is 57.0. The van der Waals surface area contributed by atoms with Crippen LogP contribution >= 0.6 is 0 Å². The second-order valence-electron chi connectivity index (χ2n) is 38.6. The molecule has 3 N–H and O–H groups in total. The summed E-state index contributed by atoms with van der Waals surface area (Å²) in [6.07, 6.45) is 78.5. The molecule has 0 radical (unpaired) electrons. The molecule has 0 saturated heterocycles. The molecule has 0 spiro atoms. The molecule has 3 amide bonds. The van der Waals surface area contributed by atoms with E-state index in [-0.39, 0.29) is 17.7 Å². The SMILES string of the molecule is CCCCCCCCCCCCOc1cc(C(=O)Nc2ccc(C#Cc3cc(C#Cc4ccc(NC(=O)c5cc(OCCCCCCCCCCCC)c(OCCCCCCCCCCCC)c(OCCCCCCCCCCCC)c5)cc4)cc(C(=O)NCC[C@@H](C)CCCC(C)C)c3)cc2)cc(OCCCCCCCCCCCC)c1OCCCCCCCCCCCC. The number of amides is 3. The molecule has 0 heterocycles. The molecular weight excluding hydrogens is 1620 g/mol. The van der Waals surface area contributed by atoms with Gasteiger partial charge in [-0.3, -0.25) is 14.4 Å². The smallest absolute Gasteiger partial charge is 0.255 e. The molecule has 0 aliphatic heterocycles. The first-order valence-electron chi connectivity index (χ1n) is 54.8. The Morgan fingerprint density at radius 1 is 0.244 bits per heavy atom. The summed E-state index contributed by atoms with van der Waals surface area (Å²) in [4.78, 5) is 43.4. The van der Waals surface area contributed by atoms with Crippen LogP contribution in [0.15, 0.2) is 91.0 Å². The fourth-order valence-electron chi connectivity index (χ4n) is 17.2. The van der Waals surface area contributed by atoms with Gasteiger partial charge in [0, 0.05) is 56.9 Å². The van der Waals surface area contributed by atoms with E-state index in [1.54, 1.807) is 0 Å². The maximum Gasteiger partial charge on any atom is 0.255 e. The van der Waals surface area contributed by atoms with Gasteiger partial charge < -0.3 is 44.4 Å². The normalized spacial score (nSPS) is 11.4. The summed E-state index contributed by atoms with van der Waals surface area (Å²) < 4.78 is 40.2. The Labute approximate surface area is 802 Å². The van der Waals surface area contributed by atoms with Crippen LogP contribution in [0, 0.1) is 35.5 Å². The molecule has 0 unspecified atom stereocenters. The zero-order valence-electron chi connectivity index (χ0n) is 85.2. The Morgan fingerprint density at radius 2 is 0.473 bits per heavy atom. The van der Waals surface area contributed by atoms with E-state index in [9.17, 15) is 14.4 Å². The number of nitrogens with one attached hydrogen (secondary N) is 3. The number of hydrogen-bond acceptors (Lipinski definition) is 9. The van der Waals surface area contributed by atoms with Crippen LogP contribution in [0.4, 0.5) is 11.4 Å². The van der Waals surface area contributed by atoms with E-state index < -0.39 is 0 Å². The van der Waals surface area contributed by atoms with Crippen LogP contribution < -0.4 is 44.4 Å². The number of rotatable bonds is 84. The molecule has 0 aliphatic rings. The lowest BCUT2D eigenvalue weighted by Crippen LogP contribution is -2.25. The second kappa shape index (κ2) is 78.7. The summed E-state index contributed by atoms with van der Waals surface area (Å²) in [6.45, 7) is 24.3. The number of carbonyl (C=O) groups is 3. The Balaban J connectivity index is 1.39. The van der Waals surface area contributed by atoms with Crippen molar-refractivity contribution in [2.45, 2.75) is 473 Å². The third-order valence-corrected chi connectivity index (χ3v) is 25.7. The zero-order valence-corrected chi connectivity index (χ0v) is 85.2. The third-order valence-electron chi connectivity index (χ3n) is 25.7. The van der Waals surface area contributed by atoms with E-state index in [2.05, 4.69) is 102 Å². The van der Waals surface area contributed by atoms with Gasteiger partial charge >= 0.3 is 0 Å². The summed E-state index contributed by atoms with van der Waals surface area (Å²) in [5.41, 5.74) is 5.36. The molecule has 12 nitrogen and oxygen atoms in total. The van der Waals surface area contributed by atoms with Crippen LogP contribution in [-0.2, 0) is 0 Å². The summed E-state index contributed by atoms with van der Waals surface area (Å²) in [5, 5.41) is 9.58. The quantitative estimate of drug-likeness (QED) is 0.0256. The van der Waals surface area contributed by atoms with E-state index in [1.165, 1.54) is 321 Å². The highest BCUT2D eigenvalue weighted by molar-refractivity contribution is 6.06. The summed E-state index contributed by atoms with van der Waals surface area (Å²) in [5.74, 6) is 17.3. The number of benzene rings is 5. The van der Waals surface area contributed by atoms with Crippen molar-refractivity contribution in [3.05, 3.63) is 130 Å². The number of ether oxygens (including phenoxy) is 6. The number of unbranched alkanes of at least 4 members (excludes halogenated alkanes) is 54.